The summed E-state index contributed by atoms with van der Waals surface area (Å²) in [7, 11) is 0. The van der Waals surface area contributed by atoms with E-state index in [0.717, 1.165) is 0 Å². The first-order valence-electron chi connectivity index (χ1n) is 16.7. The van der Waals surface area contributed by atoms with Crippen molar-refractivity contribution in [2.45, 2.75) is 19.3 Å². The maximum atomic E-state index is 2.56. The van der Waals surface area contributed by atoms with Gasteiger partial charge in [-0.3, -0.25) is 0 Å². The van der Waals surface area contributed by atoms with Gasteiger partial charge in [0.2, 0.25) is 0 Å². The van der Waals surface area contributed by atoms with Gasteiger partial charge in [0.15, 0.2) is 0 Å². The summed E-state index contributed by atoms with van der Waals surface area (Å²) in [6, 6.07) is 54.0. The molecule has 2 nitrogen and oxygen atoms in total. The van der Waals surface area contributed by atoms with Crippen LogP contribution in [-0.4, -0.2) is 9.13 Å². The summed E-state index contributed by atoms with van der Waals surface area (Å²) < 4.78 is 7.76. The molecule has 0 radical (unpaired) electrons. The molecule has 0 unspecified atom stereocenters. The molecule has 226 valence electrons. The van der Waals surface area contributed by atoms with E-state index in [0.29, 0.717) is 0 Å². The zero-order chi connectivity index (χ0) is 31.7. The van der Waals surface area contributed by atoms with Crippen LogP contribution in [0, 0.1) is 0 Å². The van der Waals surface area contributed by atoms with Crippen LogP contribution < -0.4 is 0 Å². The van der Waals surface area contributed by atoms with Crippen LogP contribution in [0.4, 0.5) is 0 Å². The number of thiophene rings is 1. The van der Waals surface area contributed by atoms with E-state index in [1.165, 1.54) is 97.4 Å². The minimum atomic E-state index is -0.0896. The van der Waals surface area contributed by atoms with Crippen molar-refractivity contribution in [1.29, 1.82) is 0 Å². The molecule has 0 aliphatic heterocycles. The second kappa shape index (κ2) is 9.25. The zero-order valence-electron chi connectivity index (χ0n) is 26.7. The van der Waals surface area contributed by atoms with Crippen molar-refractivity contribution >= 4 is 75.1 Å². The van der Waals surface area contributed by atoms with Crippen molar-refractivity contribution < 1.29 is 0 Å². The van der Waals surface area contributed by atoms with Crippen LogP contribution in [0.25, 0.3) is 86.3 Å². The van der Waals surface area contributed by atoms with Crippen LogP contribution >= 0.6 is 11.3 Å². The Labute approximate surface area is 281 Å². The van der Waals surface area contributed by atoms with Gasteiger partial charge in [-0.1, -0.05) is 117 Å². The lowest BCUT2D eigenvalue weighted by Gasteiger charge is -2.22. The quantitative estimate of drug-likeness (QED) is 0.180. The highest BCUT2D eigenvalue weighted by Gasteiger charge is 2.36. The van der Waals surface area contributed by atoms with Gasteiger partial charge in [0.1, 0.15) is 0 Å². The van der Waals surface area contributed by atoms with Crippen molar-refractivity contribution in [2.24, 2.45) is 0 Å². The summed E-state index contributed by atoms with van der Waals surface area (Å²) in [5.41, 5.74) is 12.7. The molecule has 0 saturated heterocycles. The standard InChI is InChI=1S/C45H30N2S/c1-45(2)34-20-10-6-16-29(34)30-25-24-28(26-35(30)45)47-37-22-12-8-18-32(37)41-43(47)42-39(40-33-19-9-13-23-38(33)48-44(40)41)31-17-7-11-21-36(31)46(42)27-14-4-3-5-15-27/h3-26H,1-2H3. The maximum Gasteiger partial charge on any atom is 0.0803 e. The molecule has 3 heteroatoms. The van der Waals surface area contributed by atoms with Gasteiger partial charge in [-0.05, 0) is 64.7 Å². The highest BCUT2D eigenvalue weighted by Crippen LogP contribution is 2.53. The molecule has 0 saturated carbocycles. The van der Waals surface area contributed by atoms with E-state index < -0.39 is 0 Å². The lowest BCUT2D eigenvalue weighted by Crippen LogP contribution is -2.15. The number of nitrogens with zero attached hydrogens (tertiary/aromatic N) is 2. The minimum absolute atomic E-state index is 0.0896. The molecule has 10 aromatic rings. The molecule has 0 N–H and O–H groups in total. The molecule has 0 bridgehead atoms. The molecular formula is C45H30N2S. The van der Waals surface area contributed by atoms with Gasteiger partial charge in [0.05, 0.1) is 22.1 Å². The number of rotatable bonds is 2. The molecule has 11 rings (SSSR count). The molecular weight excluding hydrogens is 601 g/mol. The van der Waals surface area contributed by atoms with Crippen LogP contribution in [-0.2, 0) is 5.41 Å². The fraction of sp³-hybridized carbons (Fsp3) is 0.0667. The van der Waals surface area contributed by atoms with Crippen molar-refractivity contribution in [3.8, 4) is 22.5 Å². The second-order valence-corrected chi connectivity index (χ2v) is 14.7. The SMILES string of the molecule is CC1(C)c2ccccc2-c2ccc(-n3c4ccccc4c4c5sc6ccccc6c5c5c6ccccc6n(-c6ccccc6)c5c43)cc21. The summed E-state index contributed by atoms with van der Waals surface area (Å²) in [6.07, 6.45) is 0. The van der Waals surface area contributed by atoms with Crippen LogP contribution in [0.2, 0.25) is 0 Å². The van der Waals surface area contributed by atoms with E-state index in [-0.39, 0.29) is 5.41 Å². The van der Waals surface area contributed by atoms with Crippen LogP contribution in [0.1, 0.15) is 25.0 Å². The van der Waals surface area contributed by atoms with Gasteiger partial charge in [-0.25, -0.2) is 0 Å². The fourth-order valence-corrected chi connectivity index (χ4v) is 10.1. The summed E-state index contributed by atoms with van der Waals surface area (Å²) in [4.78, 5) is 0. The lowest BCUT2D eigenvalue weighted by atomic mass is 9.82. The normalized spacial score (nSPS) is 13.8. The predicted molar refractivity (Wildman–Crippen MR) is 206 cm³/mol. The lowest BCUT2D eigenvalue weighted by molar-refractivity contribution is 0.660. The van der Waals surface area contributed by atoms with Crippen LogP contribution in [0.3, 0.4) is 0 Å². The molecule has 1 aliphatic carbocycles. The topological polar surface area (TPSA) is 9.86 Å². The summed E-state index contributed by atoms with van der Waals surface area (Å²) in [5.74, 6) is 0. The van der Waals surface area contributed by atoms with Crippen molar-refractivity contribution in [3.63, 3.8) is 0 Å². The molecule has 3 aromatic heterocycles. The van der Waals surface area contributed by atoms with E-state index in [2.05, 4.69) is 169 Å². The van der Waals surface area contributed by atoms with E-state index in [9.17, 15) is 0 Å². The highest BCUT2D eigenvalue weighted by atomic mass is 32.1. The number of benzene rings is 7. The number of hydrogen-bond donors (Lipinski definition) is 0. The average molecular weight is 631 g/mol. The Balaban J connectivity index is 1.41. The number of hydrogen-bond acceptors (Lipinski definition) is 1. The Bertz CT molecular complexity index is 2970. The van der Waals surface area contributed by atoms with Gasteiger partial charge in [-0.15, -0.1) is 11.3 Å². The molecule has 0 spiro atoms. The summed E-state index contributed by atoms with van der Waals surface area (Å²) >= 11 is 1.93. The summed E-state index contributed by atoms with van der Waals surface area (Å²) in [5, 5.41) is 7.92. The van der Waals surface area contributed by atoms with Gasteiger partial charge in [0, 0.05) is 58.5 Å². The first kappa shape index (κ1) is 26.4. The van der Waals surface area contributed by atoms with Gasteiger partial charge >= 0.3 is 0 Å². The first-order chi connectivity index (χ1) is 23.6. The van der Waals surface area contributed by atoms with Crippen LogP contribution in [0.15, 0.2) is 146 Å². The van der Waals surface area contributed by atoms with Gasteiger partial charge in [-0.2, -0.15) is 0 Å². The zero-order valence-corrected chi connectivity index (χ0v) is 27.5. The third kappa shape index (κ3) is 3.22. The Hall–Kier alpha value is -5.64. The fourth-order valence-electron chi connectivity index (χ4n) is 8.83. The van der Waals surface area contributed by atoms with Gasteiger partial charge < -0.3 is 9.13 Å². The molecule has 0 atom stereocenters. The average Bonchev–Trinajstić information content (AvgIpc) is 3.84. The molecule has 48 heavy (non-hydrogen) atoms. The monoisotopic (exact) mass is 630 g/mol. The Morgan fingerprint density at radius 3 is 1.83 bits per heavy atom. The van der Waals surface area contributed by atoms with E-state index in [1.807, 2.05) is 11.3 Å². The van der Waals surface area contributed by atoms with Crippen molar-refractivity contribution in [2.75, 3.05) is 0 Å². The Morgan fingerprint density at radius 2 is 1.04 bits per heavy atom. The third-order valence-corrected chi connectivity index (χ3v) is 12.1. The molecule has 3 heterocycles. The molecule has 1 aliphatic rings. The van der Waals surface area contributed by atoms with Crippen molar-refractivity contribution in [1.82, 2.24) is 9.13 Å². The Kier molecular flexibility index (Phi) is 5.09. The first-order valence-corrected chi connectivity index (χ1v) is 17.5. The summed E-state index contributed by atoms with van der Waals surface area (Å²) in [6.45, 7) is 4.75. The molecule has 0 amide bonds. The third-order valence-electron chi connectivity index (χ3n) is 10.9. The number of fused-ring (bicyclic) bond motifs is 15. The van der Waals surface area contributed by atoms with E-state index in [1.54, 1.807) is 0 Å². The largest absolute Gasteiger partial charge is 0.307 e. The number of para-hydroxylation sites is 3. The highest BCUT2D eigenvalue weighted by molar-refractivity contribution is 7.27. The Morgan fingerprint density at radius 1 is 0.458 bits per heavy atom. The van der Waals surface area contributed by atoms with Crippen molar-refractivity contribution in [3.05, 3.63) is 157 Å². The van der Waals surface area contributed by atoms with E-state index >= 15 is 0 Å². The predicted octanol–water partition coefficient (Wildman–Crippen LogP) is 12.6. The maximum absolute atomic E-state index is 2.56. The van der Waals surface area contributed by atoms with E-state index in [4.69, 9.17) is 0 Å². The smallest absolute Gasteiger partial charge is 0.0803 e. The minimum Gasteiger partial charge on any atom is -0.307 e. The van der Waals surface area contributed by atoms with Gasteiger partial charge in [0.25, 0.3) is 0 Å². The van der Waals surface area contributed by atoms with Crippen LogP contribution in [0.5, 0.6) is 0 Å². The second-order valence-electron chi connectivity index (χ2n) is 13.7. The molecule has 7 aromatic carbocycles. The number of aromatic nitrogens is 2. The molecule has 0 fully saturated rings.